The average Bonchev–Trinajstić information content (AvgIpc) is 2.56. The molecule has 0 aliphatic rings. The van der Waals surface area contributed by atoms with Crippen molar-refractivity contribution in [1.82, 2.24) is 10.3 Å². The first-order chi connectivity index (χ1) is 10.3. The van der Waals surface area contributed by atoms with Gasteiger partial charge in [-0.3, -0.25) is 4.98 Å². The molecule has 0 aliphatic heterocycles. The van der Waals surface area contributed by atoms with Gasteiger partial charge in [0.05, 0.1) is 0 Å². The summed E-state index contributed by atoms with van der Waals surface area (Å²) in [6.07, 6.45) is 2.61. The van der Waals surface area contributed by atoms with Crippen molar-refractivity contribution in [3.05, 3.63) is 65.5 Å². The Balaban J connectivity index is 2.12. The molecule has 1 heterocycles. The van der Waals surface area contributed by atoms with Gasteiger partial charge >= 0.3 is 0 Å². The number of nitrogens with one attached hydrogen (secondary N) is 1. The van der Waals surface area contributed by atoms with E-state index in [1.54, 1.807) is 6.20 Å². The standard InChI is InChI=1S/C16H20N4O/c1-2-14(12-7-4-3-5-8-12)19-11-13-9-6-10-18-15(13)16(17)20-21/h3-10,14,19,21H,2,11H2,1H3,(H2,17,20). The van der Waals surface area contributed by atoms with Crippen LogP contribution in [-0.2, 0) is 6.54 Å². The lowest BCUT2D eigenvalue weighted by molar-refractivity contribution is 0.318. The fourth-order valence-corrected chi connectivity index (χ4v) is 2.28. The SMILES string of the molecule is CCC(NCc1cccnc1C(N)=NO)c1ccccc1. The Morgan fingerprint density at radius 1 is 1.29 bits per heavy atom. The van der Waals surface area contributed by atoms with Gasteiger partial charge in [0, 0.05) is 18.8 Å². The molecule has 4 N–H and O–H groups in total. The van der Waals surface area contributed by atoms with E-state index in [0.29, 0.717) is 12.2 Å². The number of aromatic nitrogens is 1. The molecule has 1 aromatic carbocycles. The third kappa shape index (κ3) is 3.79. The summed E-state index contributed by atoms with van der Waals surface area (Å²) in [5, 5.41) is 15.3. The number of nitrogens with zero attached hydrogens (tertiary/aromatic N) is 2. The molecule has 0 spiro atoms. The van der Waals surface area contributed by atoms with Crippen LogP contribution in [0.3, 0.4) is 0 Å². The maximum Gasteiger partial charge on any atom is 0.189 e. The van der Waals surface area contributed by atoms with E-state index in [9.17, 15) is 0 Å². The number of pyridine rings is 1. The summed E-state index contributed by atoms with van der Waals surface area (Å²) in [5.74, 6) is 0.0279. The number of hydrogen-bond acceptors (Lipinski definition) is 4. The summed E-state index contributed by atoms with van der Waals surface area (Å²) in [6, 6.07) is 14.3. The maximum atomic E-state index is 8.82. The Morgan fingerprint density at radius 3 is 2.71 bits per heavy atom. The van der Waals surface area contributed by atoms with Gasteiger partial charge in [-0.1, -0.05) is 48.5 Å². The molecule has 1 unspecified atom stereocenters. The molecule has 0 bridgehead atoms. The molecule has 1 atom stereocenters. The zero-order valence-electron chi connectivity index (χ0n) is 12.0. The molecule has 0 radical (unpaired) electrons. The van der Waals surface area contributed by atoms with Gasteiger partial charge in [0.1, 0.15) is 5.69 Å². The van der Waals surface area contributed by atoms with Crippen LogP contribution in [0.4, 0.5) is 0 Å². The average molecular weight is 284 g/mol. The van der Waals surface area contributed by atoms with Crippen LogP contribution in [0.15, 0.2) is 53.8 Å². The van der Waals surface area contributed by atoms with Crippen molar-refractivity contribution < 1.29 is 5.21 Å². The van der Waals surface area contributed by atoms with Gasteiger partial charge in [-0.05, 0) is 23.6 Å². The lowest BCUT2D eigenvalue weighted by atomic mass is 10.0. The van der Waals surface area contributed by atoms with Gasteiger partial charge in [0.2, 0.25) is 0 Å². The smallest absolute Gasteiger partial charge is 0.189 e. The predicted octanol–water partition coefficient (Wildman–Crippen LogP) is 2.42. The summed E-state index contributed by atoms with van der Waals surface area (Å²) in [6.45, 7) is 2.74. The molecule has 21 heavy (non-hydrogen) atoms. The number of nitrogens with two attached hydrogens (primary N) is 1. The molecule has 5 heteroatoms. The molecule has 2 rings (SSSR count). The van der Waals surface area contributed by atoms with E-state index < -0.39 is 0 Å². The third-order valence-corrected chi connectivity index (χ3v) is 3.39. The predicted molar refractivity (Wildman–Crippen MR) is 83.1 cm³/mol. The van der Waals surface area contributed by atoms with E-state index in [1.807, 2.05) is 30.3 Å². The van der Waals surface area contributed by atoms with Crippen molar-refractivity contribution in [2.75, 3.05) is 0 Å². The van der Waals surface area contributed by atoms with Gasteiger partial charge in [-0.2, -0.15) is 0 Å². The first-order valence-corrected chi connectivity index (χ1v) is 6.96. The van der Waals surface area contributed by atoms with Crippen LogP contribution in [-0.4, -0.2) is 16.0 Å². The van der Waals surface area contributed by atoms with E-state index in [-0.39, 0.29) is 11.9 Å². The second-order valence-corrected chi connectivity index (χ2v) is 4.75. The van der Waals surface area contributed by atoms with Crippen molar-refractivity contribution in [3.63, 3.8) is 0 Å². The van der Waals surface area contributed by atoms with Gasteiger partial charge in [0.25, 0.3) is 0 Å². The molecular weight excluding hydrogens is 264 g/mol. The number of rotatable bonds is 6. The van der Waals surface area contributed by atoms with E-state index in [0.717, 1.165) is 12.0 Å². The van der Waals surface area contributed by atoms with E-state index in [2.05, 4.69) is 34.5 Å². The van der Waals surface area contributed by atoms with E-state index in [4.69, 9.17) is 10.9 Å². The van der Waals surface area contributed by atoms with Crippen LogP contribution >= 0.6 is 0 Å². The summed E-state index contributed by atoms with van der Waals surface area (Å²) in [5.41, 5.74) is 8.31. The molecule has 2 aromatic rings. The fourth-order valence-electron chi connectivity index (χ4n) is 2.28. The fraction of sp³-hybridized carbons (Fsp3) is 0.250. The quantitative estimate of drug-likeness (QED) is 0.329. The molecule has 0 aliphatic carbocycles. The van der Waals surface area contributed by atoms with Crippen LogP contribution in [0.2, 0.25) is 0 Å². The van der Waals surface area contributed by atoms with Gasteiger partial charge in [-0.25, -0.2) is 0 Å². The minimum atomic E-state index is 0.0279. The van der Waals surface area contributed by atoms with Gasteiger partial charge in [-0.15, -0.1) is 0 Å². The Morgan fingerprint density at radius 2 is 2.05 bits per heavy atom. The van der Waals surface area contributed by atoms with Crippen LogP contribution in [0.25, 0.3) is 0 Å². The van der Waals surface area contributed by atoms with E-state index >= 15 is 0 Å². The number of benzene rings is 1. The highest BCUT2D eigenvalue weighted by atomic mass is 16.4. The molecule has 5 nitrogen and oxygen atoms in total. The van der Waals surface area contributed by atoms with Gasteiger partial charge < -0.3 is 16.3 Å². The highest BCUT2D eigenvalue weighted by molar-refractivity contribution is 5.96. The first-order valence-electron chi connectivity index (χ1n) is 6.96. The minimum absolute atomic E-state index is 0.0279. The monoisotopic (exact) mass is 284 g/mol. The molecule has 1 aromatic heterocycles. The molecule has 0 saturated heterocycles. The van der Waals surface area contributed by atoms with Crippen molar-refractivity contribution in [1.29, 1.82) is 0 Å². The highest BCUT2D eigenvalue weighted by Gasteiger charge is 2.12. The van der Waals surface area contributed by atoms with Crippen LogP contribution in [0.1, 0.15) is 36.2 Å². The topological polar surface area (TPSA) is 83.5 Å². The molecule has 110 valence electrons. The van der Waals surface area contributed by atoms with E-state index in [1.165, 1.54) is 5.56 Å². The second-order valence-electron chi connectivity index (χ2n) is 4.75. The molecule has 0 amide bonds. The summed E-state index contributed by atoms with van der Waals surface area (Å²) >= 11 is 0. The Hall–Kier alpha value is -2.40. The molecular formula is C16H20N4O. The minimum Gasteiger partial charge on any atom is -0.409 e. The number of hydrogen-bond donors (Lipinski definition) is 3. The molecule has 0 fully saturated rings. The van der Waals surface area contributed by atoms with Crippen LogP contribution < -0.4 is 11.1 Å². The van der Waals surface area contributed by atoms with Crippen molar-refractivity contribution in [2.24, 2.45) is 10.9 Å². The second kappa shape index (κ2) is 7.40. The highest BCUT2D eigenvalue weighted by Crippen LogP contribution is 2.17. The number of amidine groups is 1. The third-order valence-electron chi connectivity index (χ3n) is 3.39. The van der Waals surface area contributed by atoms with Crippen LogP contribution in [0.5, 0.6) is 0 Å². The summed E-state index contributed by atoms with van der Waals surface area (Å²) in [7, 11) is 0. The summed E-state index contributed by atoms with van der Waals surface area (Å²) < 4.78 is 0. The zero-order chi connectivity index (χ0) is 15.1. The maximum absolute atomic E-state index is 8.82. The van der Waals surface area contributed by atoms with Crippen molar-refractivity contribution in [3.8, 4) is 0 Å². The Labute approximate surface area is 124 Å². The first kappa shape index (κ1) is 15.0. The number of oxime groups is 1. The normalized spacial score (nSPS) is 13.1. The summed E-state index contributed by atoms with van der Waals surface area (Å²) in [4.78, 5) is 4.17. The van der Waals surface area contributed by atoms with Gasteiger partial charge in [0.15, 0.2) is 5.84 Å². The van der Waals surface area contributed by atoms with Crippen molar-refractivity contribution >= 4 is 5.84 Å². The van der Waals surface area contributed by atoms with Crippen molar-refractivity contribution in [2.45, 2.75) is 25.9 Å². The Kier molecular flexibility index (Phi) is 5.29. The lowest BCUT2D eigenvalue weighted by Crippen LogP contribution is -2.24. The zero-order valence-corrected chi connectivity index (χ0v) is 12.0. The van der Waals surface area contributed by atoms with Crippen LogP contribution in [0, 0.1) is 0 Å². The Bertz CT molecular complexity index is 598. The lowest BCUT2D eigenvalue weighted by Gasteiger charge is -2.18. The largest absolute Gasteiger partial charge is 0.409 e. The molecule has 0 saturated carbocycles.